The van der Waals surface area contributed by atoms with Gasteiger partial charge in [0.1, 0.15) is 0 Å². The average molecular weight is 138 g/mol. The van der Waals surface area contributed by atoms with Crippen molar-refractivity contribution in [2.24, 2.45) is 11.8 Å². The van der Waals surface area contributed by atoms with Gasteiger partial charge in [0.2, 0.25) is 0 Å². The maximum Gasteiger partial charge on any atom is 0.0110 e. The molecule has 0 atom stereocenters. The van der Waals surface area contributed by atoms with Gasteiger partial charge in [0.25, 0.3) is 0 Å². The topological polar surface area (TPSA) is 3.24 Å². The molecular weight excluding hydrogens is 122 g/mol. The van der Waals surface area contributed by atoms with Crippen molar-refractivity contribution in [3.63, 3.8) is 0 Å². The number of hydrogen-bond acceptors (Lipinski definition) is 1. The number of hydrogen-bond donors (Lipinski definition) is 0. The molecule has 0 amide bonds. The van der Waals surface area contributed by atoms with Crippen LogP contribution in [-0.4, -0.2) is 18.0 Å². The molecule has 57 valence electrons. The molecule has 0 saturated heterocycles. The average Bonchev–Trinajstić information content (AvgIpc) is 2.59. The fraction of sp³-hybridized carbons (Fsp3) is 0.889. The van der Waals surface area contributed by atoms with Crippen molar-refractivity contribution in [3.05, 3.63) is 7.05 Å². The minimum absolute atomic E-state index is 1.01. The lowest BCUT2D eigenvalue weighted by atomic mass is 10.3. The Morgan fingerprint density at radius 1 is 1.00 bits per heavy atom. The van der Waals surface area contributed by atoms with Crippen LogP contribution in [0, 0.1) is 18.9 Å². The van der Waals surface area contributed by atoms with Gasteiger partial charge in [-0.3, -0.25) is 0 Å². The Morgan fingerprint density at radius 2 is 1.40 bits per heavy atom. The second kappa shape index (κ2) is 2.54. The normalized spacial score (nSPS) is 25.8. The van der Waals surface area contributed by atoms with Crippen molar-refractivity contribution in [3.8, 4) is 0 Å². The van der Waals surface area contributed by atoms with Gasteiger partial charge in [0.15, 0.2) is 0 Å². The summed E-state index contributed by atoms with van der Waals surface area (Å²) < 4.78 is 0. The van der Waals surface area contributed by atoms with E-state index in [1.807, 2.05) is 0 Å². The Labute approximate surface area is 63.4 Å². The summed E-state index contributed by atoms with van der Waals surface area (Å²) in [6.45, 7) is 2.52. The van der Waals surface area contributed by atoms with Crippen molar-refractivity contribution < 1.29 is 0 Å². The van der Waals surface area contributed by atoms with Crippen LogP contribution >= 0.6 is 0 Å². The monoisotopic (exact) mass is 138 g/mol. The van der Waals surface area contributed by atoms with Crippen LogP contribution in [0.15, 0.2) is 0 Å². The van der Waals surface area contributed by atoms with Crippen LogP contribution < -0.4 is 0 Å². The van der Waals surface area contributed by atoms with Gasteiger partial charge in [-0.25, -0.2) is 0 Å². The minimum Gasteiger partial charge on any atom is -0.302 e. The standard InChI is InChI=1S/C9H16N/c1-10(6-8-2-3-8)7-9-4-5-9/h8-9H,1-7H2. The van der Waals surface area contributed by atoms with Gasteiger partial charge in [-0.2, -0.15) is 0 Å². The van der Waals surface area contributed by atoms with E-state index in [1.54, 1.807) is 0 Å². The van der Waals surface area contributed by atoms with Crippen LogP contribution in [-0.2, 0) is 0 Å². The fourth-order valence-corrected chi connectivity index (χ4v) is 1.41. The largest absolute Gasteiger partial charge is 0.302 e. The second-order valence-corrected chi connectivity index (χ2v) is 3.92. The van der Waals surface area contributed by atoms with Crippen LogP contribution in [0.1, 0.15) is 25.7 Å². The van der Waals surface area contributed by atoms with E-state index in [0.717, 1.165) is 11.8 Å². The van der Waals surface area contributed by atoms with Crippen molar-refractivity contribution >= 4 is 0 Å². The molecule has 2 fully saturated rings. The first-order chi connectivity index (χ1) is 4.84. The van der Waals surface area contributed by atoms with E-state index >= 15 is 0 Å². The zero-order chi connectivity index (χ0) is 6.97. The number of rotatable bonds is 4. The Kier molecular flexibility index (Phi) is 1.69. The molecule has 0 bridgehead atoms. The van der Waals surface area contributed by atoms with E-state index in [2.05, 4.69) is 11.9 Å². The molecule has 1 nitrogen and oxygen atoms in total. The van der Waals surface area contributed by atoms with Crippen molar-refractivity contribution in [1.82, 2.24) is 4.90 Å². The summed E-state index contributed by atoms with van der Waals surface area (Å²) in [5, 5.41) is 0. The van der Waals surface area contributed by atoms with Crippen LogP contribution in [0.5, 0.6) is 0 Å². The van der Waals surface area contributed by atoms with E-state index in [-0.39, 0.29) is 0 Å². The highest BCUT2D eigenvalue weighted by atomic mass is 15.1. The quantitative estimate of drug-likeness (QED) is 0.573. The zero-order valence-electron chi connectivity index (χ0n) is 6.55. The summed E-state index contributed by atoms with van der Waals surface area (Å²) in [5.41, 5.74) is 0. The maximum absolute atomic E-state index is 4.03. The zero-order valence-corrected chi connectivity index (χ0v) is 6.55. The van der Waals surface area contributed by atoms with Gasteiger partial charge in [-0.1, -0.05) is 0 Å². The van der Waals surface area contributed by atoms with Crippen LogP contribution in [0.4, 0.5) is 0 Å². The summed E-state index contributed by atoms with van der Waals surface area (Å²) in [5.74, 6) is 2.02. The van der Waals surface area contributed by atoms with Crippen molar-refractivity contribution in [1.29, 1.82) is 0 Å². The van der Waals surface area contributed by atoms with Crippen LogP contribution in [0.25, 0.3) is 0 Å². The SMILES string of the molecule is [CH2]N(CC1CC1)CC1CC1. The van der Waals surface area contributed by atoms with Crippen LogP contribution in [0.2, 0.25) is 0 Å². The third-order valence-corrected chi connectivity index (χ3v) is 2.43. The first-order valence-corrected chi connectivity index (χ1v) is 4.40. The highest BCUT2D eigenvalue weighted by Crippen LogP contribution is 2.33. The first-order valence-electron chi connectivity index (χ1n) is 4.40. The van der Waals surface area contributed by atoms with Gasteiger partial charge in [-0.05, 0) is 37.5 Å². The molecule has 0 heterocycles. The third-order valence-electron chi connectivity index (χ3n) is 2.43. The molecule has 2 saturated carbocycles. The molecule has 2 aliphatic rings. The van der Waals surface area contributed by atoms with Gasteiger partial charge in [-0.15, -0.1) is 0 Å². The Hall–Kier alpha value is -0.0400. The number of nitrogens with zero attached hydrogens (tertiary/aromatic N) is 1. The molecular formula is C9H16N. The lowest BCUT2D eigenvalue weighted by molar-refractivity contribution is 0.340. The molecule has 1 heteroatoms. The van der Waals surface area contributed by atoms with Crippen LogP contribution in [0.3, 0.4) is 0 Å². The molecule has 0 aromatic carbocycles. The Balaban J connectivity index is 1.60. The van der Waals surface area contributed by atoms with E-state index in [0.29, 0.717) is 0 Å². The summed E-state index contributed by atoms with van der Waals surface area (Å²) >= 11 is 0. The molecule has 0 aromatic heterocycles. The molecule has 0 N–H and O–H groups in total. The lowest BCUT2D eigenvalue weighted by Gasteiger charge is -2.14. The Bertz CT molecular complexity index is 99.9. The van der Waals surface area contributed by atoms with E-state index < -0.39 is 0 Å². The summed E-state index contributed by atoms with van der Waals surface area (Å²) in [7, 11) is 4.03. The van der Waals surface area contributed by atoms with Crippen molar-refractivity contribution in [2.75, 3.05) is 13.1 Å². The molecule has 0 spiro atoms. The minimum atomic E-state index is 1.01. The summed E-state index contributed by atoms with van der Waals surface area (Å²) in [4.78, 5) is 2.27. The summed E-state index contributed by atoms with van der Waals surface area (Å²) in [6.07, 6.45) is 5.82. The third kappa shape index (κ3) is 1.98. The fourth-order valence-electron chi connectivity index (χ4n) is 1.41. The van der Waals surface area contributed by atoms with Gasteiger partial charge in [0.05, 0.1) is 0 Å². The molecule has 0 aromatic rings. The second-order valence-electron chi connectivity index (χ2n) is 3.92. The van der Waals surface area contributed by atoms with Gasteiger partial charge >= 0.3 is 0 Å². The molecule has 2 aliphatic carbocycles. The molecule has 1 radical (unpaired) electrons. The van der Waals surface area contributed by atoms with E-state index in [9.17, 15) is 0 Å². The summed E-state index contributed by atoms with van der Waals surface area (Å²) in [6, 6.07) is 0. The molecule has 0 aliphatic heterocycles. The Morgan fingerprint density at radius 3 is 1.70 bits per heavy atom. The maximum atomic E-state index is 4.03. The predicted octanol–water partition coefficient (Wildman–Crippen LogP) is 1.90. The van der Waals surface area contributed by atoms with Gasteiger partial charge < -0.3 is 4.90 Å². The lowest BCUT2D eigenvalue weighted by Crippen LogP contribution is -2.20. The molecule has 2 rings (SSSR count). The first kappa shape index (κ1) is 6.66. The highest BCUT2D eigenvalue weighted by Gasteiger charge is 2.27. The predicted molar refractivity (Wildman–Crippen MR) is 42.4 cm³/mol. The van der Waals surface area contributed by atoms with E-state index in [4.69, 9.17) is 0 Å². The molecule has 10 heavy (non-hydrogen) atoms. The smallest absolute Gasteiger partial charge is 0.0110 e. The van der Waals surface area contributed by atoms with Crippen molar-refractivity contribution in [2.45, 2.75) is 25.7 Å². The van der Waals surface area contributed by atoms with Gasteiger partial charge in [0, 0.05) is 20.1 Å². The highest BCUT2D eigenvalue weighted by molar-refractivity contribution is 4.81. The van der Waals surface area contributed by atoms with E-state index in [1.165, 1.54) is 38.8 Å². The molecule has 0 unspecified atom stereocenters.